The number of hydrogen-bond acceptors (Lipinski definition) is 4. The number of aromatic amines is 1. The Balaban J connectivity index is 2.24. The number of dihydropyridines is 1. The van der Waals surface area contributed by atoms with Gasteiger partial charge in [0, 0.05) is 24.9 Å². The number of anilines is 1. The van der Waals surface area contributed by atoms with E-state index in [0.29, 0.717) is 5.82 Å². The van der Waals surface area contributed by atoms with Crippen molar-refractivity contribution >= 4 is 11.4 Å². The van der Waals surface area contributed by atoms with E-state index in [1.54, 1.807) is 13.2 Å². The average molecular weight is 206 g/mol. The van der Waals surface area contributed by atoms with Crippen LogP contribution >= 0.6 is 0 Å². The van der Waals surface area contributed by atoms with E-state index in [1.807, 2.05) is 19.2 Å². The number of allylic oxidation sites excluding steroid dienone is 2. The summed E-state index contributed by atoms with van der Waals surface area (Å²) in [4.78, 5) is 0. The summed E-state index contributed by atoms with van der Waals surface area (Å²) in [6.45, 7) is 2.00. The molecule has 4 N–H and O–H groups in total. The quantitative estimate of drug-likeness (QED) is 0.670. The number of nitrogens with one attached hydrogen (secondary N) is 2. The summed E-state index contributed by atoms with van der Waals surface area (Å²) < 4.78 is 5.22. The van der Waals surface area contributed by atoms with Crippen LogP contribution in [-0.2, 0) is 4.74 Å². The van der Waals surface area contributed by atoms with E-state index in [1.165, 1.54) is 0 Å². The smallest absolute Gasteiger partial charge is 0.149 e. The van der Waals surface area contributed by atoms with Gasteiger partial charge in [-0.3, -0.25) is 5.10 Å². The summed E-state index contributed by atoms with van der Waals surface area (Å²) in [6, 6.07) is 1.80. The van der Waals surface area contributed by atoms with E-state index in [4.69, 9.17) is 10.5 Å². The largest absolute Gasteiger partial charge is 0.384 e. The summed E-state index contributed by atoms with van der Waals surface area (Å²) in [5, 5.41) is 9.91. The highest BCUT2D eigenvalue weighted by atomic mass is 16.5. The molecule has 0 spiro atoms. The molecule has 5 nitrogen and oxygen atoms in total. The molecular weight excluding hydrogens is 192 g/mol. The Morgan fingerprint density at radius 2 is 2.33 bits per heavy atom. The van der Waals surface area contributed by atoms with Crippen LogP contribution in [0.25, 0.3) is 5.57 Å². The lowest BCUT2D eigenvalue weighted by Gasteiger charge is -2.21. The van der Waals surface area contributed by atoms with Crippen LogP contribution in [0.2, 0.25) is 0 Å². The molecule has 0 amide bonds. The minimum atomic E-state index is -0.0509. The first-order chi connectivity index (χ1) is 7.20. The molecule has 1 aromatic rings. The lowest BCUT2D eigenvalue weighted by molar-refractivity contribution is 0.114. The Bertz CT molecular complexity index is 419. The van der Waals surface area contributed by atoms with Gasteiger partial charge < -0.3 is 15.8 Å². The topological polar surface area (TPSA) is 76.0 Å². The summed E-state index contributed by atoms with van der Waals surface area (Å²) in [6.07, 6.45) is 3.85. The van der Waals surface area contributed by atoms with Gasteiger partial charge in [0.05, 0.1) is 5.69 Å². The molecular formula is C10H14N4O. The molecule has 0 radical (unpaired) electrons. The molecule has 1 aliphatic heterocycles. The van der Waals surface area contributed by atoms with Gasteiger partial charge in [0.1, 0.15) is 12.0 Å². The highest BCUT2D eigenvalue weighted by molar-refractivity contribution is 5.74. The van der Waals surface area contributed by atoms with Crippen LogP contribution < -0.4 is 11.1 Å². The number of ether oxygens (including phenoxy) is 1. The molecule has 0 aromatic carbocycles. The van der Waals surface area contributed by atoms with Crippen molar-refractivity contribution in [2.75, 3.05) is 12.8 Å². The second-order valence-electron chi connectivity index (χ2n) is 3.48. The second-order valence-corrected chi connectivity index (χ2v) is 3.48. The van der Waals surface area contributed by atoms with Crippen molar-refractivity contribution in [3.8, 4) is 0 Å². The van der Waals surface area contributed by atoms with Crippen LogP contribution in [0.4, 0.5) is 5.82 Å². The van der Waals surface area contributed by atoms with Crippen molar-refractivity contribution in [1.29, 1.82) is 0 Å². The van der Waals surface area contributed by atoms with Crippen molar-refractivity contribution in [2.45, 2.75) is 13.2 Å². The van der Waals surface area contributed by atoms with Crippen molar-refractivity contribution < 1.29 is 4.74 Å². The molecule has 1 aliphatic rings. The second kappa shape index (κ2) is 3.78. The van der Waals surface area contributed by atoms with Gasteiger partial charge in [0.25, 0.3) is 0 Å². The van der Waals surface area contributed by atoms with Crippen LogP contribution in [0.5, 0.6) is 0 Å². The van der Waals surface area contributed by atoms with Gasteiger partial charge in [0.15, 0.2) is 0 Å². The van der Waals surface area contributed by atoms with Crippen LogP contribution in [-0.4, -0.2) is 23.5 Å². The fourth-order valence-corrected chi connectivity index (χ4v) is 1.55. The monoisotopic (exact) mass is 206 g/mol. The fraction of sp³-hybridized carbons (Fsp3) is 0.300. The third kappa shape index (κ3) is 1.87. The zero-order valence-electron chi connectivity index (χ0n) is 8.74. The molecule has 0 saturated carbocycles. The summed E-state index contributed by atoms with van der Waals surface area (Å²) in [5.74, 6) is 0.561. The minimum Gasteiger partial charge on any atom is -0.384 e. The maximum absolute atomic E-state index is 5.56. The van der Waals surface area contributed by atoms with Crippen LogP contribution in [0.3, 0.4) is 0 Å². The van der Waals surface area contributed by atoms with Crippen molar-refractivity contribution in [2.24, 2.45) is 0 Å². The van der Waals surface area contributed by atoms with Crippen LogP contribution in [0.15, 0.2) is 23.9 Å². The minimum absolute atomic E-state index is 0.0509. The summed E-state index contributed by atoms with van der Waals surface area (Å²) in [7, 11) is 1.67. The number of rotatable bonds is 2. The van der Waals surface area contributed by atoms with Crippen LogP contribution in [0.1, 0.15) is 12.6 Å². The molecule has 0 saturated heterocycles. The standard InChI is InChI=1S/C10H14N4O/c1-6-3-7(5-12-10(6)15-2)8-4-9(11)14-13-8/h3-5,10,12H,1-2H3,(H3,11,13,14). The van der Waals surface area contributed by atoms with Crippen LogP contribution in [0, 0.1) is 0 Å². The Labute approximate surface area is 88.0 Å². The summed E-state index contributed by atoms with van der Waals surface area (Å²) in [5.41, 5.74) is 8.49. The number of nitrogens with zero attached hydrogens (tertiary/aromatic N) is 1. The van der Waals surface area contributed by atoms with E-state index in [9.17, 15) is 0 Å². The zero-order valence-corrected chi connectivity index (χ0v) is 8.74. The van der Waals surface area contributed by atoms with Crippen molar-refractivity contribution in [3.63, 3.8) is 0 Å². The first-order valence-corrected chi connectivity index (χ1v) is 4.69. The molecule has 2 heterocycles. The summed E-state index contributed by atoms with van der Waals surface area (Å²) >= 11 is 0. The maximum atomic E-state index is 5.56. The highest BCUT2D eigenvalue weighted by Crippen LogP contribution is 2.21. The molecule has 80 valence electrons. The van der Waals surface area contributed by atoms with E-state index in [-0.39, 0.29) is 6.23 Å². The third-order valence-electron chi connectivity index (χ3n) is 2.32. The van der Waals surface area contributed by atoms with Gasteiger partial charge in [-0.1, -0.05) is 0 Å². The van der Waals surface area contributed by atoms with Gasteiger partial charge in [-0.2, -0.15) is 5.10 Å². The van der Waals surface area contributed by atoms with Gasteiger partial charge in [0.2, 0.25) is 0 Å². The SMILES string of the molecule is COC1NC=C(c2cc(N)[nH]n2)C=C1C. The highest BCUT2D eigenvalue weighted by Gasteiger charge is 2.14. The molecule has 0 aliphatic carbocycles. The van der Waals surface area contributed by atoms with Gasteiger partial charge in [-0.25, -0.2) is 0 Å². The molecule has 1 aromatic heterocycles. The number of H-pyrrole nitrogens is 1. The molecule has 5 heteroatoms. The lowest BCUT2D eigenvalue weighted by atomic mass is 10.1. The Kier molecular flexibility index (Phi) is 2.47. The van der Waals surface area contributed by atoms with E-state index in [2.05, 4.69) is 15.5 Å². The molecule has 0 bridgehead atoms. The predicted molar refractivity (Wildman–Crippen MR) is 58.7 cm³/mol. The average Bonchev–Trinajstić information content (AvgIpc) is 2.65. The zero-order chi connectivity index (χ0) is 10.8. The van der Waals surface area contributed by atoms with Gasteiger partial charge in [-0.05, 0) is 18.6 Å². The maximum Gasteiger partial charge on any atom is 0.149 e. The van der Waals surface area contributed by atoms with E-state index >= 15 is 0 Å². The van der Waals surface area contributed by atoms with Crippen molar-refractivity contribution in [1.82, 2.24) is 15.5 Å². The molecule has 2 rings (SSSR count). The molecule has 1 unspecified atom stereocenters. The lowest BCUT2D eigenvalue weighted by Crippen LogP contribution is -2.30. The van der Waals surface area contributed by atoms with Crippen molar-refractivity contribution in [3.05, 3.63) is 29.6 Å². The fourth-order valence-electron chi connectivity index (χ4n) is 1.55. The Morgan fingerprint density at radius 3 is 2.87 bits per heavy atom. The van der Waals surface area contributed by atoms with E-state index < -0.39 is 0 Å². The Hall–Kier alpha value is -1.75. The number of aromatic nitrogens is 2. The normalized spacial score (nSPS) is 20.5. The first kappa shape index (κ1) is 9.79. The number of methoxy groups -OCH3 is 1. The molecule has 15 heavy (non-hydrogen) atoms. The van der Waals surface area contributed by atoms with E-state index in [0.717, 1.165) is 16.8 Å². The molecule has 0 fully saturated rings. The number of nitrogen functional groups attached to an aromatic ring is 1. The van der Waals surface area contributed by atoms with Gasteiger partial charge >= 0.3 is 0 Å². The molecule has 1 atom stereocenters. The Morgan fingerprint density at radius 1 is 1.53 bits per heavy atom. The number of hydrogen-bond donors (Lipinski definition) is 3. The predicted octanol–water partition coefficient (Wildman–Crippen LogP) is 0.855. The first-order valence-electron chi connectivity index (χ1n) is 4.69. The number of nitrogens with two attached hydrogens (primary N) is 1. The van der Waals surface area contributed by atoms with Gasteiger partial charge in [-0.15, -0.1) is 0 Å². The third-order valence-corrected chi connectivity index (χ3v) is 2.32.